The van der Waals surface area contributed by atoms with Crippen LogP contribution in [0.5, 0.6) is 0 Å². The SMILES string of the molecule is CC/C=C\C/C=C\C/C=C\C/C=C\C/C=C\C/C=C\C/C=C\C/C=C\C/C=C\C/C=C\C/C=C\CCCCCCCCCC(=O)NC(COC1OC(CO)C(OC2OC(CO)C(OC3OC(CO)C(O)C(O)C3O)C(O)C2O)C(O)C1O)C(O)/C=C/CCC. The molecule has 89 heavy (non-hydrogen) atoms. The van der Waals surface area contributed by atoms with E-state index >= 15 is 0 Å². The summed E-state index contributed by atoms with van der Waals surface area (Å²) in [5.41, 5.74) is 0. The molecule has 3 rings (SSSR count). The summed E-state index contributed by atoms with van der Waals surface area (Å²) in [4.78, 5) is 13.1. The molecule has 3 aliphatic rings. The van der Waals surface area contributed by atoms with Gasteiger partial charge in [0.05, 0.1) is 38.6 Å². The van der Waals surface area contributed by atoms with Gasteiger partial charge in [0.2, 0.25) is 5.91 Å². The first-order valence-corrected chi connectivity index (χ1v) is 32.6. The monoisotopic (exact) mass is 1250 g/mol. The number of nitrogens with one attached hydrogen (secondary N) is 1. The molecule has 3 aliphatic heterocycles. The lowest BCUT2D eigenvalue weighted by Crippen LogP contribution is -2.66. The Morgan fingerprint density at radius 1 is 0.416 bits per heavy atom. The Hall–Kier alpha value is -4.33. The highest BCUT2D eigenvalue weighted by atomic mass is 16.8. The van der Waals surface area contributed by atoms with Crippen molar-refractivity contribution in [2.24, 2.45) is 0 Å². The molecule has 504 valence electrons. The first-order valence-electron chi connectivity index (χ1n) is 32.6. The molecule has 0 spiro atoms. The van der Waals surface area contributed by atoms with Crippen LogP contribution in [0.3, 0.4) is 0 Å². The van der Waals surface area contributed by atoms with Crippen LogP contribution < -0.4 is 5.32 Å². The Balaban J connectivity index is 1.25. The van der Waals surface area contributed by atoms with E-state index in [-0.39, 0.29) is 18.9 Å². The molecule has 0 saturated carbocycles. The molecule has 3 fully saturated rings. The number of ether oxygens (including phenoxy) is 6. The molecular weight excluding hydrogens is 1140 g/mol. The molecule has 3 heterocycles. The summed E-state index contributed by atoms with van der Waals surface area (Å²) in [5, 5.41) is 119. The van der Waals surface area contributed by atoms with Gasteiger partial charge in [-0.15, -0.1) is 0 Å². The highest BCUT2D eigenvalue weighted by molar-refractivity contribution is 5.76. The van der Waals surface area contributed by atoms with Crippen molar-refractivity contribution in [1.29, 1.82) is 0 Å². The summed E-state index contributed by atoms with van der Waals surface area (Å²) < 4.78 is 34.0. The molecule has 3 saturated heterocycles. The van der Waals surface area contributed by atoms with E-state index in [2.05, 4.69) is 146 Å². The first-order chi connectivity index (χ1) is 43.3. The van der Waals surface area contributed by atoms with Gasteiger partial charge in [-0.1, -0.05) is 198 Å². The topological polar surface area (TPSA) is 307 Å². The van der Waals surface area contributed by atoms with E-state index < -0.39 is 124 Å². The largest absolute Gasteiger partial charge is 0.394 e. The molecule has 0 aliphatic carbocycles. The average molecular weight is 1250 g/mol. The third-order valence-corrected chi connectivity index (χ3v) is 15.1. The minimum Gasteiger partial charge on any atom is -0.394 e. The predicted molar refractivity (Wildman–Crippen MR) is 346 cm³/mol. The molecule has 12 N–H and O–H groups in total. The number of hydrogen-bond acceptors (Lipinski definition) is 18. The van der Waals surface area contributed by atoms with E-state index in [9.17, 15) is 61.0 Å². The molecule has 0 bridgehead atoms. The van der Waals surface area contributed by atoms with Gasteiger partial charge in [-0.3, -0.25) is 4.79 Å². The van der Waals surface area contributed by atoms with E-state index in [1.54, 1.807) is 6.08 Å². The van der Waals surface area contributed by atoms with Crippen molar-refractivity contribution in [2.75, 3.05) is 26.4 Å². The van der Waals surface area contributed by atoms with Crippen molar-refractivity contribution >= 4 is 5.91 Å². The van der Waals surface area contributed by atoms with E-state index in [0.717, 1.165) is 122 Å². The number of carbonyl (C=O) groups excluding carboxylic acids is 1. The molecule has 17 unspecified atom stereocenters. The fourth-order valence-corrected chi connectivity index (χ4v) is 9.85. The van der Waals surface area contributed by atoms with Gasteiger partial charge >= 0.3 is 0 Å². The Labute approximate surface area is 530 Å². The molecule has 0 aromatic carbocycles. The maximum atomic E-state index is 13.1. The first kappa shape index (κ1) is 78.9. The number of aliphatic hydroxyl groups excluding tert-OH is 11. The summed E-state index contributed by atoms with van der Waals surface area (Å²) in [6.07, 6.45) is 45.6. The quantitative estimate of drug-likeness (QED) is 0.0206. The second kappa shape index (κ2) is 50.3. The summed E-state index contributed by atoms with van der Waals surface area (Å²) in [7, 11) is 0. The molecule has 17 atom stereocenters. The standard InChI is InChI=1S/C70H111NO18/c1-3-5-7-8-9-10-11-12-13-14-15-16-17-18-19-20-21-22-23-24-25-26-27-28-29-30-31-32-33-34-35-36-37-38-39-40-41-42-43-44-46-48-58(76)71-53(54(75)47-45-6-4-2)52-84-68-64(82)61(79)66(56(50-73)86-68)89-70-65(83)62(80)67(57(51-74)87-70)88-69-63(81)60(78)59(77)55(49-72)85-69/h5,7,9-10,12-13,15-16,18-19,21-22,24-25,27-28,30-31,33-34,36-37,45,47,53-57,59-70,72-75,77-83H,3-4,6,8,11,14,17,20,23,26,29,32,35,38-44,46,48-52H2,1-2H3,(H,71,76)/b7-5-,10-9-,13-12-,16-15-,19-18-,22-21-,25-24-,28-27-,31-30-,34-33-,37-36-,47-45+. The number of hydrogen-bond donors (Lipinski definition) is 12. The van der Waals surface area contributed by atoms with Crippen LogP contribution in [0.1, 0.15) is 155 Å². The van der Waals surface area contributed by atoms with Gasteiger partial charge in [-0.05, 0) is 96.3 Å². The van der Waals surface area contributed by atoms with Gasteiger partial charge in [0, 0.05) is 6.42 Å². The van der Waals surface area contributed by atoms with Gasteiger partial charge in [0.25, 0.3) is 0 Å². The second-order valence-corrected chi connectivity index (χ2v) is 22.5. The van der Waals surface area contributed by atoms with Crippen LogP contribution in [-0.4, -0.2) is 193 Å². The van der Waals surface area contributed by atoms with E-state index in [4.69, 9.17) is 28.4 Å². The smallest absolute Gasteiger partial charge is 0.220 e. The summed E-state index contributed by atoms with van der Waals surface area (Å²) in [5.74, 6) is -0.307. The minimum atomic E-state index is -1.98. The number of unbranched alkanes of at least 4 members (excludes halogenated alkanes) is 8. The highest BCUT2D eigenvalue weighted by Gasteiger charge is 2.53. The number of amides is 1. The Morgan fingerprint density at radius 3 is 1.19 bits per heavy atom. The zero-order valence-electron chi connectivity index (χ0n) is 52.8. The molecule has 19 nitrogen and oxygen atoms in total. The normalized spacial score (nSPS) is 29.2. The maximum Gasteiger partial charge on any atom is 0.220 e. The summed E-state index contributed by atoms with van der Waals surface area (Å²) >= 11 is 0. The lowest BCUT2D eigenvalue weighted by Gasteiger charge is -2.48. The number of carbonyl (C=O) groups is 1. The maximum absolute atomic E-state index is 13.1. The van der Waals surface area contributed by atoms with Crippen molar-refractivity contribution in [3.8, 4) is 0 Å². The number of allylic oxidation sites excluding steroid dienone is 23. The Bertz CT molecular complexity index is 2180. The van der Waals surface area contributed by atoms with Crippen LogP contribution in [0, 0.1) is 0 Å². The molecule has 1 amide bonds. The van der Waals surface area contributed by atoms with Crippen molar-refractivity contribution in [3.05, 3.63) is 146 Å². The van der Waals surface area contributed by atoms with Crippen molar-refractivity contribution < 1.29 is 89.4 Å². The van der Waals surface area contributed by atoms with Gasteiger partial charge in [-0.25, -0.2) is 0 Å². The zero-order valence-corrected chi connectivity index (χ0v) is 52.8. The third-order valence-electron chi connectivity index (χ3n) is 15.1. The molecule has 0 radical (unpaired) electrons. The molecule has 19 heteroatoms. The van der Waals surface area contributed by atoms with Crippen molar-refractivity contribution in [1.82, 2.24) is 5.32 Å². The summed E-state index contributed by atoms with van der Waals surface area (Å²) in [6.45, 7) is 1.32. The Morgan fingerprint density at radius 2 is 0.775 bits per heavy atom. The lowest BCUT2D eigenvalue weighted by atomic mass is 9.96. The zero-order chi connectivity index (χ0) is 64.7. The highest BCUT2D eigenvalue weighted by Crippen LogP contribution is 2.33. The lowest BCUT2D eigenvalue weighted by molar-refractivity contribution is -0.379. The minimum absolute atomic E-state index is 0.217. The molecule has 0 aromatic heterocycles. The number of rotatable bonds is 46. The van der Waals surface area contributed by atoms with Crippen LogP contribution in [-0.2, 0) is 33.2 Å². The van der Waals surface area contributed by atoms with Crippen LogP contribution in [0.25, 0.3) is 0 Å². The number of aliphatic hydroxyl groups is 11. The predicted octanol–water partition coefficient (Wildman–Crippen LogP) is 7.59. The van der Waals surface area contributed by atoms with Gasteiger partial charge in [0.15, 0.2) is 18.9 Å². The van der Waals surface area contributed by atoms with E-state index in [1.165, 1.54) is 6.08 Å². The van der Waals surface area contributed by atoms with Gasteiger partial charge in [0.1, 0.15) is 73.2 Å². The fraction of sp³-hybridized carbons (Fsp3) is 0.643. The second-order valence-electron chi connectivity index (χ2n) is 22.5. The molecular formula is C70H111NO18. The van der Waals surface area contributed by atoms with Gasteiger partial charge < -0.3 is 89.9 Å². The average Bonchev–Trinajstić information content (AvgIpc) is 1.74. The van der Waals surface area contributed by atoms with Crippen molar-refractivity contribution in [2.45, 2.75) is 259 Å². The molecule has 0 aromatic rings. The van der Waals surface area contributed by atoms with Crippen LogP contribution in [0.15, 0.2) is 146 Å². The third kappa shape index (κ3) is 32.7. The van der Waals surface area contributed by atoms with E-state index in [1.807, 2.05) is 6.92 Å². The van der Waals surface area contributed by atoms with Crippen LogP contribution in [0.4, 0.5) is 0 Å². The van der Waals surface area contributed by atoms with Gasteiger partial charge in [-0.2, -0.15) is 0 Å². The fourth-order valence-electron chi connectivity index (χ4n) is 9.85. The van der Waals surface area contributed by atoms with E-state index in [0.29, 0.717) is 12.8 Å². The van der Waals surface area contributed by atoms with Crippen molar-refractivity contribution in [3.63, 3.8) is 0 Å². The van der Waals surface area contributed by atoms with Crippen LogP contribution >= 0.6 is 0 Å². The summed E-state index contributed by atoms with van der Waals surface area (Å²) in [6, 6.07) is -0.985. The Kier molecular flexibility index (Phi) is 44.6. The van der Waals surface area contributed by atoms with Crippen LogP contribution in [0.2, 0.25) is 0 Å².